The lowest BCUT2D eigenvalue weighted by atomic mass is 10.1. The first kappa shape index (κ1) is 16.3. The number of pyridine rings is 1. The van der Waals surface area contributed by atoms with E-state index in [1.54, 1.807) is 17.5 Å². The Kier molecular flexibility index (Phi) is 5.00. The van der Waals surface area contributed by atoms with Crippen molar-refractivity contribution in [1.29, 1.82) is 0 Å². The van der Waals surface area contributed by atoms with Gasteiger partial charge in [0.05, 0.1) is 5.69 Å². The Labute approximate surface area is 145 Å². The van der Waals surface area contributed by atoms with E-state index in [4.69, 9.17) is 0 Å². The number of hydrogen-bond acceptors (Lipinski definition) is 7. The number of nitrogens with zero attached hydrogens (tertiary/aromatic N) is 4. The molecule has 0 saturated heterocycles. The molecule has 2 N–H and O–H groups in total. The molecule has 0 saturated carbocycles. The molecule has 6 nitrogen and oxygen atoms in total. The van der Waals surface area contributed by atoms with Crippen LogP contribution in [0.3, 0.4) is 0 Å². The molecule has 0 radical (unpaired) electrons. The van der Waals surface area contributed by atoms with E-state index in [0.29, 0.717) is 23.7 Å². The van der Waals surface area contributed by atoms with Crippen molar-refractivity contribution in [3.8, 4) is 11.4 Å². The zero-order valence-corrected chi connectivity index (χ0v) is 14.7. The molecule has 0 aliphatic carbocycles. The van der Waals surface area contributed by atoms with Crippen LogP contribution >= 0.6 is 11.3 Å². The maximum Gasteiger partial charge on any atom is 0.230 e. The van der Waals surface area contributed by atoms with E-state index < -0.39 is 0 Å². The second-order valence-corrected chi connectivity index (χ2v) is 6.66. The van der Waals surface area contributed by atoms with E-state index in [1.165, 1.54) is 6.33 Å². The average molecular weight is 340 g/mol. The van der Waals surface area contributed by atoms with E-state index >= 15 is 0 Å². The molecule has 124 valence electrons. The van der Waals surface area contributed by atoms with E-state index in [2.05, 4.69) is 51.3 Å². The largest absolute Gasteiger partial charge is 0.367 e. The zero-order valence-electron chi connectivity index (χ0n) is 13.9. The van der Waals surface area contributed by atoms with Crippen LogP contribution in [0.1, 0.15) is 20.8 Å². The molecule has 24 heavy (non-hydrogen) atoms. The topological polar surface area (TPSA) is 75.6 Å². The summed E-state index contributed by atoms with van der Waals surface area (Å²) >= 11 is 1.62. The molecular formula is C17H20N6S. The lowest BCUT2D eigenvalue weighted by Gasteiger charge is -2.18. The van der Waals surface area contributed by atoms with E-state index in [0.717, 1.165) is 17.1 Å². The fourth-order valence-electron chi connectivity index (χ4n) is 2.01. The summed E-state index contributed by atoms with van der Waals surface area (Å²) in [7, 11) is 0. The third kappa shape index (κ3) is 4.05. The molecule has 7 heteroatoms. The van der Waals surface area contributed by atoms with Crippen LogP contribution in [0.25, 0.3) is 11.4 Å². The van der Waals surface area contributed by atoms with Crippen molar-refractivity contribution in [2.24, 2.45) is 5.92 Å². The SMILES string of the molecule is CC(C)C(C)Nc1cc(-c2ncnc(Nc3ccsc3)n2)ccn1. The van der Waals surface area contributed by atoms with Crippen molar-refractivity contribution in [2.75, 3.05) is 10.6 Å². The van der Waals surface area contributed by atoms with Crippen molar-refractivity contribution in [3.63, 3.8) is 0 Å². The first-order valence-electron chi connectivity index (χ1n) is 7.83. The van der Waals surface area contributed by atoms with Crippen LogP contribution < -0.4 is 10.6 Å². The van der Waals surface area contributed by atoms with E-state index in [-0.39, 0.29) is 0 Å². The first-order chi connectivity index (χ1) is 11.6. The van der Waals surface area contributed by atoms with Crippen molar-refractivity contribution in [2.45, 2.75) is 26.8 Å². The van der Waals surface area contributed by atoms with Gasteiger partial charge >= 0.3 is 0 Å². The van der Waals surface area contributed by atoms with Crippen molar-refractivity contribution in [1.82, 2.24) is 19.9 Å². The van der Waals surface area contributed by atoms with E-state index in [1.807, 2.05) is 29.0 Å². The van der Waals surface area contributed by atoms with Gasteiger partial charge < -0.3 is 10.6 Å². The predicted molar refractivity (Wildman–Crippen MR) is 98.6 cm³/mol. The number of rotatable bonds is 6. The number of nitrogens with one attached hydrogen (secondary N) is 2. The van der Waals surface area contributed by atoms with Crippen molar-refractivity contribution >= 4 is 28.8 Å². The van der Waals surface area contributed by atoms with Crippen LogP contribution in [-0.4, -0.2) is 26.0 Å². The minimum atomic E-state index is 0.335. The molecule has 0 bridgehead atoms. The van der Waals surface area contributed by atoms with Crippen molar-refractivity contribution in [3.05, 3.63) is 41.5 Å². The summed E-state index contributed by atoms with van der Waals surface area (Å²) in [6, 6.07) is 6.18. The van der Waals surface area contributed by atoms with Gasteiger partial charge in [-0.05, 0) is 36.4 Å². The number of anilines is 3. The molecule has 3 aromatic rings. The second-order valence-electron chi connectivity index (χ2n) is 5.88. The lowest BCUT2D eigenvalue weighted by molar-refractivity contribution is 0.558. The first-order valence-corrected chi connectivity index (χ1v) is 8.77. The lowest BCUT2D eigenvalue weighted by Crippen LogP contribution is -2.22. The smallest absolute Gasteiger partial charge is 0.230 e. The maximum atomic E-state index is 4.49. The van der Waals surface area contributed by atoms with Gasteiger partial charge in [-0.2, -0.15) is 16.3 Å². The summed E-state index contributed by atoms with van der Waals surface area (Å²) in [4.78, 5) is 17.3. The highest BCUT2D eigenvalue weighted by Crippen LogP contribution is 2.21. The Hall–Kier alpha value is -2.54. The molecular weight excluding hydrogens is 320 g/mol. The molecule has 1 atom stereocenters. The summed E-state index contributed by atoms with van der Waals surface area (Å²) in [6.45, 7) is 6.50. The van der Waals surface area contributed by atoms with Gasteiger partial charge in [0.15, 0.2) is 5.82 Å². The Balaban J connectivity index is 1.81. The molecule has 3 aromatic heterocycles. The van der Waals surface area contributed by atoms with Crippen LogP contribution in [0, 0.1) is 5.92 Å². The van der Waals surface area contributed by atoms with Gasteiger partial charge in [-0.15, -0.1) is 0 Å². The zero-order chi connectivity index (χ0) is 16.9. The minimum Gasteiger partial charge on any atom is -0.367 e. The number of hydrogen-bond donors (Lipinski definition) is 2. The van der Waals surface area contributed by atoms with Crippen molar-refractivity contribution < 1.29 is 0 Å². The fraction of sp³-hybridized carbons (Fsp3) is 0.294. The molecule has 0 aliphatic heterocycles. The monoisotopic (exact) mass is 340 g/mol. The molecule has 3 rings (SSSR count). The van der Waals surface area contributed by atoms with Crippen LogP contribution in [0.2, 0.25) is 0 Å². The van der Waals surface area contributed by atoms with Gasteiger partial charge in [-0.1, -0.05) is 13.8 Å². The molecule has 0 fully saturated rings. The third-order valence-electron chi connectivity index (χ3n) is 3.74. The molecule has 0 aliphatic rings. The third-order valence-corrected chi connectivity index (χ3v) is 4.43. The number of thiophene rings is 1. The molecule has 0 spiro atoms. The summed E-state index contributed by atoms with van der Waals surface area (Å²) in [5.74, 6) is 2.49. The molecule has 1 unspecified atom stereocenters. The standard InChI is InChI=1S/C17H20N6S/c1-11(2)12(3)21-15-8-13(4-6-18-15)16-19-10-20-17(23-16)22-14-5-7-24-9-14/h4-12H,1-3H3,(H,18,21)(H,19,20,22,23). The van der Waals surface area contributed by atoms with Gasteiger partial charge in [0, 0.05) is 23.2 Å². The highest BCUT2D eigenvalue weighted by atomic mass is 32.1. The van der Waals surface area contributed by atoms with Gasteiger partial charge in [-0.25, -0.2) is 15.0 Å². The van der Waals surface area contributed by atoms with Crippen LogP contribution in [0.15, 0.2) is 41.5 Å². The molecule has 0 amide bonds. The summed E-state index contributed by atoms with van der Waals surface area (Å²) in [6.07, 6.45) is 3.28. The van der Waals surface area contributed by atoms with E-state index in [9.17, 15) is 0 Å². The van der Waals surface area contributed by atoms with Gasteiger partial charge in [-0.3, -0.25) is 0 Å². The maximum absolute atomic E-state index is 4.49. The van der Waals surface area contributed by atoms with Crippen LogP contribution in [0.4, 0.5) is 17.5 Å². The Bertz CT molecular complexity index is 787. The summed E-state index contributed by atoms with van der Waals surface area (Å²) in [5.41, 5.74) is 1.87. The minimum absolute atomic E-state index is 0.335. The molecule has 3 heterocycles. The Morgan fingerprint density at radius 3 is 2.71 bits per heavy atom. The fourth-order valence-corrected chi connectivity index (χ4v) is 2.60. The quantitative estimate of drug-likeness (QED) is 0.700. The Morgan fingerprint density at radius 2 is 1.96 bits per heavy atom. The average Bonchev–Trinajstić information content (AvgIpc) is 3.08. The highest BCUT2D eigenvalue weighted by Gasteiger charge is 2.10. The second kappa shape index (κ2) is 7.35. The van der Waals surface area contributed by atoms with Gasteiger partial charge in [0.1, 0.15) is 12.1 Å². The molecule has 0 aromatic carbocycles. The number of aromatic nitrogens is 4. The van der Waals surface area contributed by atoms with Crippen LogP contribution in [0.5, 0.6) is 0 Å². The Morgan fingerprint density at radius 1 is 1.08 bits per heavy atom. The van der Waals surface area contributed by atoms with Gasteiger partial charge in [0.2, 0.25) is 5.95 Å². The normalized spacial score (nSPS) is 12.2. The van der Waals surface area contributed by atoms with Crippen LogP contribution in [-0.2, 0) is 0 Å². The van der Waals surface area contributed by atoms with Gasteiger partial charge in [0.25, 0.3) is 0 Å². The predicted octanol–water partition coefficient (Wildman–Crippen LogP) is 4.20. The summed E-state index contributed by atoms with van der Waals surface area (Å²) < 4.78 is 0. The highest BCUT2D eigenvalue weighted by molar-refractivity contribution is 7.08. The summed E-state index contributed by atoms with van der Waals surface area (Å²) in [5, 5.41) is 10.6.